The molecule has 0 aliphatic heterocycles. The second-order valence-electron chi connectivity index (χ2n) is 8.01. The molecule has 1 N–H and O–H groups in total. The number of fused-ring (bicyclic) bond motifs is 1. The molecule has 0 spiro atoms. The number of amides is 1. The van der Waals surface area contributed by atoms with E-state index in [1.165, 1.54) is 30.3 Å². The predicted molar refractivity (Wildman–Crippen MR) is 132 cm³/mol. The lowest BCUT2D eigenvalue weighted by Crippen LogP contribution is -2.15. The van der Waals surface area contributed by atoms with Crippen molar-refractivity contribution in [3.8, 4) is 22.8 Å². The molecule has 38 heavy (non-hydrogen) atoms. The Morgan fingerprint density at radius 1 is 1.08 bits per heavy atom. The predicted octanol–water partition coefficient (Wildman–Crippen LogP) is 5.56. The van der Waals surface area contributed by atoms with E-state index in [1.54, 1.807) is 48.5 Å². The fourth-order valence-corrected chi connectivity index (χ4v) is 3.77. The van der Waals surface area contributed by atoms with Crippen LogP contribution in [0, 0.1) is 0 Å². The number of carbonyl (C=O) groups excluding carboxylic acids is 1. The van der Waals surface area contributed by atoms with Crippen molar-refractivity contribution in [1.29, 1.82) is 0 Å². The number of rotatable bonds is 7. The van der Waals surface area contributed by atoms with Crippen LogP contribution in [-0.2, 0) is 12.9 Å². The van der Waals surface area contributed by atoms with Crippen LogP contribution in [0.15, 0.2) is 73.1 Å². The molecular formula is C25H18ClF3N6O3. The fraction of sp³-hybridized carbons (Fsp3) is 0.120. The quantitative estimate of drug-likeness (QED) is 0.289. The van der Waals surface area contributed by atoms with Crippen molar-refractivity contribution in [2.75, 3.05) is 12.4 Å². The van der Waals surface area contributed by atoms with E-state index in [9.17, 15) is 18.0 Å². The number of nitrogens with one attached hydrogen (secondary N) is 1. The molecule has 0 bridgehead atoms. The fourth-order valence-electron chi connectivity index (χ4n) is 3.59. The molecule has 194 valence electrons. The van der Waals surface area contributed by atoms with Crippen molar-refractivity contribution < 1.29 is 27.4 Å². The Labute approximate surface area is 218 Å². The lowest BCUT2D eigenvalue weighted by molar-refractivity contribution is -0.142. The van der Waals surface area contributed by atoms with Crippen LogP contribution in [-0.4, -0.2) is 37.4 Å². The summed E-state index contributed by atoms with van der Waals surface area (Å²) in [4.78, 5) is 17.1. The summed E-state index contributed by atoms with van der Waals surface area (Å²) in [7, 11) is 1.49. The molecule has 9 nitrogen and oxygen atoms in total. The van der Waals surface area contributed by atoms with Crippen LogP contribution >= 0.6 is 11.6 Å². The van der Waals surface area contributed by atoms with E-state index in [1.807, 2.05) is 0 Å². The second-order valence-corrected chi connectivity index (χ2v) is 8.44. The van der Waals surface area contributed by atoms with Crippen LogP contribution in [0.1, 0.15) is 16.2 Å². The molecule has 0 saturated carbocycles. The number of nitrogens with zero attached hydrogens (tertiary/aromatic N) is 5. The highest BCUT2D eigenvalue weighted by Crippen LogP contribution is 2.33. The summed E-state index contributed by atoms with van der Waals surface area (Å²) in [6.45, 7) is 0.0393. The summed E-state index contributed by atoms with van der Waals surface area (Å²) < 4.78 is 54.3. The highest BCUT2D eigenvalue weighted by molar-refractivity contribution is 6.30. The number of alkyl halides is 3. The third kappa shape index (κ3) is 5.39. The van der Waals surface area contributed by atoms with Gasteiger partial charge in [-0.05, 0) is 48.5 Å². The molecule has 0 atom stereocenters. The highest BCUT2D eigenvalue weighted by Gasteiger charge is 2.35. The van der Waals surface area contributed by atoms with Gasteiger partial charge in [0.05, 0.1) is 30.9 Å². The van der Waals surface area contributed by atoms with E-state index in [4.69, 9.17) is 21.1 Å². The average Bonchev–Trinajstić information content (AvgIpc) is 3.53. The van der Waals surface area contributed by atoms with Gasteiger partial charge in [0.2, 0.25) is 0 Å². The van der Waals surface area contributed by atoms with Gasteiger partial charge in [0.15, 0.2) is 23.8 Å². The van der Waals surface area contributed by atoms with E-state index in [2.05, 4.69) is 20.5 Å². The highest BCUT2D eigenvalue weighted by atomic mass is 35.5. The summed E-state index contributed by atoms with van der Waals surface area (Å²) in [6, 6.07) is 15.3. The molecule has 0 aliphatic carbocycles. The monoisotopic (exact) mass is 542 g/mol. The zero-order valence-corrected chi connectivity index (χ0v) is 20.4. The van der Waals surface area contributed by atoms with Crippen molar-refractivity contribution in [3.05, 3.63) is 89.5 Å². The van der Waals surface area contributed by atoms with E-state index in [0.29, 0.717) is 32.3 Å². The topological polar surface area (TPSA) is 95.6 Å². The van der Waals surface area contributed by atoms with Crippen LogP contribution in [0.5, 0.6) is 11.5 Å². The lowest BCUT2D eigenvalue weighted by Gasteiger charge is -2.11. The van der Waals surface area contributed by atoms with Gasteiger partial charge in [-0.2, -0.15) is 23.4 Å². The van der Waals surface area contributed by atoms with E-state index < -0.39 is 17.8 Å². The van der Waals surface area contributed by atoms with Gasteiger partial charge in [-0.3, -0.25) is 4.79 Å². The maximum Gasteiger partial charge on any atom is 0.433 e. The van der Waals surface area contributed by atoms with E-state index in [0.717, 1.165) is 6.07 Å². The molecule has 3 aromatic heterocycles. The summed E-state index contributed by atoms with van der Waals surface area (Å²) in [5, 5.41) is 11.0. The Bertz CT molecular complexity index is 1620. The SMILES string of the molecule is COc1ccc(-c2cc(C(F)(F)F)n3nc(C(=O)Nc4cnn(COc5cccc(Cl)c5)c4)cc3n2)cc1. The normalized spacial score (nSPS) is 11.5. The summed E-state index contributed by atoms with van der Waals surface area (Å²) >= 11 is 5.93. The Morgan fingerprint density at radius 2 is 1.87 bits per heavy atom. The third-order valence-electron chi connectivity index (χ3n) is 5.39. The van der Waals surface area contributed by atoms with E-state index in [-0.39, 0.29) is 23.8 Å². The third-order valence-corrected chi connectivity index (χ3v) is 5.62. The lowest BCUT2D eigenvalue weighted by atomic mass is 10.1. The standard InChI is InChI=1S/C25H18ClF3N6O3/c1-37-18-7-5-15(6-8-18)20-10-22(25(27,28)29)35-23(32-20)11-21(33-35)24(36)31-17-12-30-34(13-17)14-38-19-4-2-3-16(26)9-19/h2-13H,14H2,1H3,(H,31,36). The molecule has 13 heteroatoms. The van der Waals surface area contributed by atoms with Gasteiger partial charge in [-0.15, -0.1) is 0 Å². The van der Waals surface area contributed by atoms with Crippen LogP contribution < -0.4 is 14.8 Å². The summed E-state index contributed by atoms with van der Waals surface area (Å²) in [6.07, 6.45) is -1.87. The molecule has 0 fully saturated rings. The number of ether oxygens (including phenoxy) is 2. The number of benzene rings is 2. The Hall–Kier alpha value is -4.58. The maximum absolute atomic E-state index is 13.9. The molecule has 3 heterocycles. The molecule has 0 saturated heterocycles. The minimum Gasteiger partial charge on any atom is -0.497 e. The van der Waals surface area contributed by atoms with Crippen molar-refractivity contribution in [2.24, 2.45) is 0 Å². The van der Waals surface area contributed by atoms with Gasteiger partial charge in [0.1, 0.15) is 11.5 Å². The molecule has 1 amide bonds. The molecule has 0 unspecified atom stereocenters. The van der Waals surface area contributed by atoms with Crippen LogP contribution in [0.25, 0.3) is 16.9 Å². The van der Waals surface area contributed by atoms with Gasteiger partial charge in [0.25, 0.3) is 5.91 Å². The Kier molecular flexibility index (Phi) is 6.64. The average molecular weight is 543 g/mol. The largest absolute Gasteiger partial charge is 0.497 e. The van der Waals surface area contributed by atoms with Crippen LogP contribution in [0.3, 0.4) is 0 Å². The molecular weight excluding hydrogens is 525 g/mol. The minimum absolute atomic E-state index is 0.0393. The van der Waals surface area contributed by atoms with Gasteiger partial charge in [0, 0.05) is 16.7 Å². The van der Waals surface area contributed by atoms with Crippen molar-refractivity contribution in [3.63, 3.8) is 0 Å². The molecule has 0 aliphatic rings. The first-order valence-corrected chi connectivity index (χ1v) is 11.4. The van der Waals surface area contributed by atoms with Crippen molar-refractivity contribution in [1.82, 2.24) is 24.4 Å². The van der Waals surface area contributed by atoms with Crippen molar-refractivity contribution >= 4 is 28.8 Å². The first-order chi connectivity index (χ1) is 18.2. The number of hydrogen-bond acceptors (Lipinski definition) is 6. The number of anilines is 1. The number of hydrogen-bond donors (Lipinski definition) is 1. The number of aromatic nitrogens is 5. The number of methoxy groups -OCH3 is 1. The van der Waals surface area contributed by atoms with Crippen LogP contribution in [0.2, 0.25) is 5.02 Å². The number of carbonyl (C=O) groups is 1. The Morgan fingerprint density at radius 3 is 2.58 bits per heavy atom. The van der Waals surface area contributed by atoms with Gasteiger partial charge < -0.3 is 14.8 Å². The second kappa shape index (κ2) is 10.1. The van der Waals surface area contributed by atoms with Gasteiger partial charge in [-0.1, -0.05) is 17.7 Å². The zero-order chi connectivity index (χ0) is 26.9. The zero-order valence-electron chi connectivity index (χ0n) is 19.6. The maximum atomic E-state index is 13.9. The summed E-state index contributed by atoms with van der Waals surface area (Å²) in [5.74, 6) is 0.351. The first-order valence-electron chi connectivity index (χ1n) is 11.0. The minimum atomic E-state index is -4.74. The van der Waals surface area contributed by atoms with E-state index >= 15 is 0 Å². The van der Waals surface area contributed by atoms with Gasteiger partial charge >= 0.3 is 6.18 Å². The first kappa shape index (κ1) is 25.1. The molecule has 0 radical (unpaired) electrons. The number of halogens is 4. The van der Waals surface area contributed by atoms with Crippen molar-refractivity contribution in [2.45, 2.75) is 12.9 Å². The molecule has 5 rings (SSSR count). The smallest absolute Gasteiger partial charge is 0.433 e. The Balaban J connectivity index is 1.37. The van der Waals surface area contributed by atoms with Crippen LogP contribution in [0.4, 0.5) is 18.9 Å². The van der Waals surface area contributed by atoms with Gasteiger partial charge in [-0.25, -0.2) is 14.2 Å². The summed E-state index contributed by atoms with van der Waals surface area (Å²) in [5.41, 5.74) is -0.652. The molecule has 2 aromatic carbocycles. The molecule has 5 aromatic rings.